The zero-order valence-corrected chi connectivity index (χ0v) is 44.4. The third-order valence-corrected chi connectivity index (χ3v) is 13.6. The van der Waals surface area contributed by atoms with E-state index in [0.29, 0.717) is 19.3 Å². The van der Waals surface area contributed by atoms with Gasteiger partial charge in [0, 0.05) is 6.42 Å². The normalized spacial score (nSPS) is 20.0. The van der Waals surface area contributed by atoms with Crippen molar-refractivity contribution in [2.24, 2.45) is 0 Å². The number of hydrogen-bond acceptors (Lipinski definition) is 10. The van der Waals surface area contributed by atoms with E-state index in [9.17, 15) is 35.1 Å². The van der Waals surface area contributed by atoms with E-state index in [4.69, 9.17) is 14.2 Å². The third-order valence-electron chi connectivity index (χ3n) is 13.6. The van der Waals surface area contributed by atoms with Crippen LogP contribution < -0.4 is 5.32 Å². The molecule has 1 heterocycles. The summed E-state index contributed by atoms with van der Waals surface area (Å²) in [4.78, 5) is 26.4. The Morgan fingerprint density at radius 2 is 0.986 bits per heavy atom. The van der Waals surface area contributed by atoms with Crippen molar-refractivity contribution in [3.05, 3.63) is 36.5 Å². The van der Waals surface area contributed by atoms with Gasteiger partial charge in [0.15, 0.2) is 12.4 Å². The van der Waals surface area contributed by atoms with Crippen LogP contribution in [0.1, 0.15) is 258 Å². The minimum Gasteiger partial charge on any atom is -0.454 e. The van der Waals surface area contributed by atoms with Gasteiger partial charge in [-0.3, -0.25) is 9.59 Å². The number of esters is 1. The van der Waals surface area contributed by atoms with Crippen molar-refractivity contribution in [1.29, 1.82) is 0 Å². The Balaban J connectivity index is 2.74. The first-order valence-electron chi connectivity index (χ1n) is 28.8. The second-order valence-corrected chi connectivity index (χ2v) is 20.1. The fraction of sp³-hybridized carbons (Fsp3) is 0.862. The minimum absolute atomic E-state index is 0.112. The van der Waals surface area contributed by atoms with Gasteiger partial charge >= 0.3 is 5.97 Å². The summed E-state index contributed by atoms with van der Waals surface area (Å²) in [6.45, 7) is 5.74. The summed E-state index contributed by atoms with van der Waals surface area (Å²) < 4.78 is 17.6. The smallest absolute Gasteiger partial charge is 0.306 e. The van der Waals surface area contributed by atoms with Crippen molar-refractivity contribution >= 4 is 11.9 Å². The number of nitrogens with one attached hydrogen (secondary N) is 1. The molecule has 1 aliphatic rings. The first-order chi connectivity index (χ1) is 33.7. The van der Waals surface area contributed by atoms with Crippen LogP contribution in [0.25, 0.3) is 0 Å². The maximum Gasteiger partial charge on any atom is 0.306 e. The van der Waals surface area contributed by atoms with Crippen molar-refractivity contribution in [2.75, 3.05) is 13.2 Å². The Labute approximate surface area is 422 Å². The second-order valence-electron chi connectivity index (χ2n) is 20.1. The lowest BCUT2D eigenvalue weighted by molar-refractivity contribution is -0.305. The van der Waals surface area contributed by atoms with Gasteiger partial charge in [-0.15, -0.1) is 0 Å². The van der Waals surface area contributed by atoms with E-state index in [1.807, 2.05) is 6.08 Å². The van der Waals surface area contributed by atoms with Crippen LogP contribution >= 0.6 is 0 Å². The average molecular weight is 978 g/mol. The number of aliphatic hydroxyl groups is 5. The Kier molecular flexibility index (Phi) is 44.1. The van der Waals surface area contributed by atoms with E-state index < -0.39 is 67.4 Å². The molecule has 0 aromatic heterocycles. The molecule has 1 fully saturated rings. The molecular formula is C58H107NO10. The zero-order chi connectivity index (χ0) is 50.4. The molecular weight excluding hydrogens is 871 g/mol. The van der Waals surface area contributed by atoms with E-state index in [-0.39, 0.29) is 13.0 Å². The summed E-state index contributed by atoms with van der Waals surface area (Å²) in [5, 5.41) is 56.8. The second kappa shape index (κ2) is 46.9. The molecule has 8 unspecified atom stereocenters. The highest BCUT2D eigenvalue weighted by Gasteiger charge is 2.47. The van der Waals surface area contributed by atoms with Gasteiger partial charge in [-0.05, 0) is 51.4 Å². The van der Waals surface area contributed by atoms with Crippen LogP contribution in [0.15, 0.2) is 36.5 Å². The summed E-state index contributed by atoms with van der Waals surface area (Å²) in [5.41, 5.74) is 0. The molecule has 1 aliphatic heterocycles. The molecule has 8 atom stereocenters. The Morgan fingerprint density at radius 3 is 1.48 bits per heavy atom. The lowest BCUT2D eigenvalue weighted by atomic mass is 9.99. The zero-order valence-electron chi connectivity index (χ0n) is 44.4. The van der Waals surface area contributed by atoms with Gasteiger partial charge in [-0.1, -0.05) is 237 Å². The first-order valence-corrected chi connectivity index (χ1v) is 28.8. The summed E-state index contributed by atoms with van der Waals surface area (Å²) in [7, 11) is 0. The molecule has 0 radical (unpaired) electrons. The van der Waals surface area contributed by atoms with E-state index in [1.165, 1.54) is 128 Å². The van der Waals surface area contributed by atoms with Crippen LogP contribution in [0.3, 0.4) is 0 Å². The summed E-state index contributed by atoms with van der Waals surface area (Å²) in [6.07, 6.45) is 43.2. The number of carbonyl (C=O) groups excluding carboxylic acids is 2. The monoisotopic (exact) mass is 978 g/mol. The van der Waals surface area contributed by atoms with E-state index >= 15 is 0 Å². The molecule has 0 bridgehead atoms. The van der Waals surface area contributed by atoms with Crippen LogP contribution in [-0.4, -0.2) is 99.6 Å². The van der Waals surface area contributed by atoms with Crippen LogP contribution in [0.4, 0.5) is 0 Å². The molecule has 11 heteroatoms. The van der Waals surface area contributed by atoms with Crippen molar-refractivity contribution in [1.82, 2.24) is 5.32 Å². The van der Waals surface area contributed by atoms with Gasteiger partial charge in [-0.2, -0.15) is 0 Å². The van der Waals surface area contributed by atoms with Crippen molar-refractivity contribution in [3.63, 3.8) is 0 Å². The van der Waals surface area contributed by atoms with E-state index in [2.05, 4.69) is 50.4 Å². The van der Waals surface area contributed by atoms with Crippen molar-refractivity contribution in [3.8, 4) is 0 Å². The number of hydrogen-bond donors (Lipinski definition) is 6. The fourth-order valence-electron chi connectivity index (χ4n) is 8.94. The highest BCUT2D eigenvalue weighted by Crippen LogP contribution is 2.26. The lowest BCUT2D eigenvalue weighted by Crippen LogP contribution is -2.61. The van der Waals surface area contributed by atoms with Gasteiger partial charge < -0.3 is 45.1 Å². The molecule has 11 nitrogen and oxygen atoms in total. The number of rotatable bonds is 48. The molecule has 404 valence electrons. The predicted molar refractivity (Wildman–Crippen MR) is 283 cm³/mol. The van der Waals surface area contributed by atoms with Gasteiger partial charge in [-0.25, -0.2) is 0 Å². The molecule has 1 amide bonds. The van der Waals surface area contributed by atoms with Crippen LogP contribution in [0, 0.1) is 0 Å². The SMILES string of the molecule is CCCCC/C=C/C=C/CCCCCCCCC(=O)OC1C(OCC(NC(=O)C(O)CCCCCCCCCCCCCCC)C(O)/C=C/CCCCCCCCCCCC)OC(CO)C(O)C1O. The largest absolute Gasteiger partial charge is 0.454 e. The maximum atomic E-state index is 13.4. The van der Waals surface area contributed by atoms with Gasteiger partial charge in [0.2, 0.25) is 5.91 Å². The van der Waals surface area contributed by atoms with Gasteiger partial charge in [0.05, 0.1) is 25.4 Å². The number of ether oxygens (including phenoxy) is 3. The van der Waals surface area contributed by atoms with Crippen LogP contribution in [0.5, 0.6) is 0 Å². The molecule has 0 saturated carbocycles. The number of allylic oxidation sites excluding steroid dienone is 5. The standard InChI is InChI=1S/C58H107NO10/c1-4-7-10-13-16-19-22-25-26-28-31-34-37-40-43-46-53(63)69-56-55(65)54(64)52(47-60)68-58(56)67-48-49(50(61)44-41-38-35-32-29-24-21-18-15-12-9-6-3)59-57(66)51(62)45-42-39-36-33-30-27-23-20-17-14-11-8-5-2/h16,19,22,25,41,44,49-52,54-56,58,60-62,64-65H,4-15,17-18,20-21,23-24,26-40,42-43,45-48H2,1-3H3,(H,59,66)/b19-16+,25-22+,44-41+. The number of unbranched alkanes of at least 4 members (excludes halogenated alkanes) is 31. The topological polar surface area (TPSA) is 175 Å². The lowest BCUT2D eigenvalue weighted by Gasteiger charge is -2.41. The summed E-state index contributed by atoms with van der Waals surface area (Å²) in [6, 6.07) is -1.02. The maximum absolute atomic E-state index is 13.4. The van der Waals surface area contributed by atoms with E-state index in [1.54, 1.807) is 6.08 Å². The molecule has 0 aliphatic carbocycles. The first kappa shape index (κ1) is 64.9. The Morgan fingerprint density at radius 1 is 0.565 bits per heavy atom. The Bertz CT molecular complexity index is 1260. The van der Waals surface area contributed by atoms with E-state index in [0.717, 1.165) is 83.5 Å². The number of aliphatic hydroxyl groups excluding tert-OH is 5. The molecule has 1 rings (SSSR count). The molecule has 0 spiro atoms. The quantitative estimate of drug-likeness (QED) is 0.0149. The van der Waals surface area contributed by atoms with Crippen LogP contribution in [-0.2, 0) is 23.8 Å². The number of amides is 1. The van der Waals surface area contributed by atoms with Crippen molar-refractivity contribution in [2.45, 2.75) is 307 Å². The molecule has 0 aromatic rings. The summed E-state index contributed by atoms with van der Waals surface area (Å²) >= 11 is 0. The highest BCUT2D eigenvalue weighted by atomic mass is 16.7. The molecule has 0 aromatic carbocycles. The molecule has 1 saturated heterocycles. The Hall–Kier alpha value is -2.12. The third kappa shape index (κ3) is 35.6. The average Bonchev–Trinajstić information content (AvgIpc) is 3.34. The highest BCUT2D eigenvalue weighted by molar-refractivity contribution is 5.80. The molecule has 69 heavy (non-hydrogen) atoms. The van der Waals surface area contributed by atoms with Gasteiger partial charge in [0.1, 0.15) is 24.4 Å². The summed E-state index contributed by atoms with van der Waals surface area (Å²) in [5.74, 6) is -1.20. The minimum atomic E-state index is -1.61. The predicted octanol–water partition coefficient (Wildman–Crippen LogP) is 12.7. The molecule has 6 N–H and O–H groups in total. The van der Waals surface area contributed by atoms with Gasteiger partial charge in [0.25, 0.3) is 0 Å². The fourth-order valence-corrected chi connectivity index (χ4v) is 8.94. The van der Waals surface area contributed by atoms with Crippen molar-refractivity contribution < 1.29 is 49.3 Å². The number of carbonyl (C=O) groups is 2. The van der Waals surface area contributed by atoms with Crippen LogP contribution in [0.2, 0.25) is 0 Å².